The van der Waals surface area contributed by atoms with Crippen molar-refractivity contribution in [2.75, 3.05) is 27.2 Å². The van der Waals surface area contributed by atoms with E-state index in [0.717, 1.165) is 64.3 Å². The zero-order chi connectivity index (χ0) is 31.1. The molecule has 0 aliphatic heterocycles. The molecule has 0 N–H and O–H groups in total. The Morgan fingerprint density at radius 1 is 0.619 bits per heavy atom. The highest BCUT2D eigenvalue weighted by atomic mass is 16.7. The number of hydrogen-bond donors (Lipinski definition) is 0. The second-order valence-electron chi connectivity index (χ2n) is 12.4. The SMILES string of the molecule is CCCCCCCCCCC(CCCCCCCC=CCC(CCCCCC)OC(C)=O)OC(=O)OCCCN(C)C. The highest BCUT2D eigenvalue weighted by molar-refractivity contribution is 5.66. The monoisotopic (exact) mass is 596 g/mol. The average molecular weight is 596 g/mol. The van der Waals surface area contributed by atoms with Gasteiger partial charge < -0.3 is 19.1 Å². The Balaban J connectivity index is 4.21. The summed E-state index contributed by atoms with van der Waals surface area (Å²) in [6, 6.07) is 0. The average Bonchev–Trinajstić information content (AvgIpc) is 2.95. The van der Waals surface area contributed by atoms with Crippen molar-refractivity contribution < 1.29 is 23.8 Å². The van der Waals surface area contributed by atoms with Crippen LogP contribution in [-0.4, -0.2) is 56.5 Å². The van der Waals surface area contributed by atoms with Gasteiger partial charge >= 0.3 is 12.1 Å². The van der Waals surface area contributed by atoms with Crippen molar-refractivity contribution in [2.24, 2.45) is 0 Å². The number of carbonyl (C=O) groups is 2. The zero-order valence-corrected chi connectivity index (χ0v) is 28.5. The number of carbonyl (C=O) groups excluding carboxylic acids is 2. The highest BCUT2D eigenvalue weighted by Gasteiger charge is 2.15. The van der Waals surface area contributed by atoms with E-state index in [1.54, 1.807) is 0 Å². The molecule has 2 unspecified atom stereocenters. The minimum Gasteiger partial charge on any atom is -0.462 e. The minimum absolute atomic E-state index is 0.0203. The fourth-order valence-electron chi connectivity index (χ4n) is 5.26. The Bertz CT molecular complexity index is 636. The lowest BCUT2D eigenvalue weighted by Crippen LogP contribution is -2.21. The van der Waals surface area contributed by atoms with Gasteiger partial charge in [-0.2, -0.15) is 0 Å². The van der Waals surface area contributed by atoms with Crippen molar-refractivity contribution in [3.63, 3.8) is 0 Å². The van der Waals surface area contributed by atoms with Gasteiger partial charge in [-0.15, -0.1) is 0 Å². The molecule has 0 fully saturated rings. The van der Waals surface area contributed by atoms with Crippen LogP contribution < -0.4 is 0 Å². The second-order valence-corrected chi connectivity index (χ2v) is 12.4. The van der Waals surface area contributed by atoms with E-state index in [9.17, 15) is 9.59 Å². The molecular formula is C36H69NO5. The van der Waals surface area contributed by atoms with Gasteiger partial charge in [0.05, 0.1) is 6.61 Å². The number of ether oxygens (including phenoxy) is 3. The van der Waals surface area contributed by atoms with Crippen LogP contribution in [0.3, 0.4) is 0 Å². The number of nitrogens with zero attached hydrogens (tertiary/aromatic N) is 1. The van der Waals surface area contributed by atoms with E-state index in [1.807, 2.05) is 14.1 Å². The van der Waals surface area contributed by atoms with E-state index >= 15 is 0 Å². The summed E-state index contributed by atoms with van der Waals surface area (Å²) in [5.41, 5.74) is 0. The molecule has 2 atom stereocenters. The van der Waals surface area contributed by atoms with E-state index in [4.69, 9.17) is 14.2 Å². The van der Waals surface area contributed by atoms with E-state index in [-0.39, 0.29) is 18.2 Å². The summed E-state index contributed by atoms with van der Waals surface area (Å²) in [4.78, 5) is 25.8. The number of esters is 1. The third-order valence-corrected chi connectivity index (χ3v) is 7.79. The summed E-state index contributed by atoms with van der Waals surface area (Å²) >= 11 is 0. The van der Waals surface area contributed by atoms with E-state index in [1.165, 1.54) is 96.8 Å². The Kier molecular flexibility index (Phi) is 29.7. The molecule has 248 valence electrons. The third-order valence-electron chi connectivity index (χ3n) is 7.79. The maximum absolute atomic E-state index is 12.3. The molecule has 0 bridgehead atoms. The van der Waals surface area contributed by atoms with Crippen molar-refractivity contribution in [3.8, 4) is 0 Å². The predicted molar refractivity (Wildman–Crippen MR) is 177 cm³/mol. The standard InChI is InChI=1S/C36H69NO5/c1-6-8-10-12-13-16-20-24-29-35(42-36(39)40-32-26-31-37(4)5)30-25-21-18-15-14-17-19-23-28-34(41-33(3)38)27-22-11-9-7-2/h19,23,34-35H,6-18,20-22,24-32H2,1-5H3. The van der Waals surface area contributed by atoms with Gasteiger partial charge in [-0.05, 0) is 71.9 Å². The van der Waals surface area contributed by atoms with E-state index in [0.29, 0.717) is 6.61 Å². The summed E-state index contributed by atoms with van der Waals surface area (Å²) in [6.07, 6.45) is 30.5. The molecule has 0 heterocycles. The van der Waals surface area contributed by atoms with Crippen LogP contribution in [0.25, 0.3) is 0 Å². The van der Waals surface area contributed by atoms with Gasteiger partial charge in [0.1, 0.15) is 12.2 Å². The fraction of sp³-hybridized carbons (Fsp3) is 0.889. The summed E-state index contributed by atoms with van der Waals surface area (Å²) < 4.78 is 16.6. The largest absolute Gasteiger partial charge is 0.508 e. The molecule has 6 nitrogen and oxygen atoms in total. The molecule has 0 aliphatic rings. The molecule has 0 saturated carbocycles. The number of unbranched alkanes of at least 4 members (excludes halogenated alkanes) is 15. The van der Waals surface area contributed by atoms with Crippen LogP contribution in [0.5, 0.6) is 0 Å². The Labute approximate surface area is 260 Å². The maximum Gasteiger partial charge on any atom is 0.508 e. The molecule has 42 heavy (non-hydrogen) atoms. The van der Waals surface area contributed by atoms with Crippen LogP contribution in [0.4, 0.5) is 4.79 Å². The lowest BCUT2D eigenvalue weighted by atomic mass is 10.0. The number of hydrogen-bond acceptors (Lipinski definition) is 6. The van der Waals surface area contributed by atoms with E-state index < -0.39 is 6.16 Å². The second kappa shape index (κ2) is 30.9. The van der Waals surface area contributed by atoms with Gasteiger partial charge in [0, 0.05) is 19.9 Å². The Morgan fingerprint density at radius 2 is 1.12 bits per heavy atom. The first kappa shape index (κ1) is 40.4. The van der Waals surface area contributed by atoms with Crippen molar-refractivity contribution in [1.29, 1.82) is 0 Å². The molecule has 0 aromatic heterocycles. The molecule has 0 amide bonds. The predicted octanol–water partition coefficient (Wildman–Crippen LogP) is 10.6. The summed E-state index contributed by atoms with van der Waals surface area (Å²) in [5.74, 6) is -0.175. The molecule has 0 saturated heterocycles. The van der Waals surface area contributed by atoms with Crippen LogP contribution in [0.1, 0.15) is 168 Å². The summed E-state index contributed by atoms with van der Waals surface area (Å²) in [7, 11) is 4.04. The fourth-order valence-corrected chi connectivity index (χ4v) is 5.26. The quantitative estimate of drug-likeness (QED) is 0.0467. The zero-order valence-electron chi connectivity index (χ0n) is 28.5. The molecule has 6 heteroatoms. The lowest BCUT2D eigenvalue weighted by molar-refractivity contribution is -0.146. The van der Waals surface area contributed by atoms with Gasteiger partial charge in [-0.3, -0.25) is 4.79 Å². The van der Waals surface area contributed by atoms with Gasteiger partial charge in [0.25, 0.3) is 0 Å². The molecule has 0 radical (unpaired) electrons. The molecule has 0 aromatic rings. The van der Waals surface area contributed by atoms with Gasteiger partial charge in [0.15, 0.2) is 0 Å². The molecule has 0 spiro atoms. The summed E-state index contributed by atoms with van der Waals surface area (Å²) in [5, 5.41) is 0. The van der Waals surface area contributed by atoms with Crippen LogP contribution in [0, 0.1) is 0 Å². The Morgan fingerprint density at radius 3 is 1.67 bits per heavy atom. The number of allylic oxidation sites excluding steroid dienone is 1. The first-order valence-corrected chi connectivity index (χ1v) is 17.7. The van der Waals surface area contributed by atoms with Crippen LogP contribution in [-0.2, 0) is 19.0 Å². The van der Waals surface area contributed by atoms with Crippen LogP contribution >= 0.6 is 0 Å². The smallest absolute Gasteiger partial charge is 0.462 e. The first-order valence-electron chi connectivity index (χ1n) is 17.7. The topological polar surface area (TPSA) is 65.1 Å². The maximum atomic E-state index is 12.3. The summed E-state index contributed by atoms with van der Waals surface area (Å²) in [6.45, 7) is 7.29. The number of rotatable bonds is 30. The van der Waals surface area contributed by atoms with Crippen molar-refractivity contribution in [3.05, 3.63) is 12.2 Å². The van der Waals surface area contributed by atoms with Gasteiger partial charge in [0.2, 0.25) is 0 Å². The third kappa shape index (κ3) is 29.9. The molecule has 0 aromatic carbocycles. The van der Waals surface area contributed by atoms with Crippen molar-refractivity contribution >= 4 is 12.1 Å². The lowest BCUT2D eigenvalue weighted by Gasteiger charge is -2.18. The van der Waals surface area contributed by atoms with Gasteiger partial charge in [-0.1, -0.05) is 109 Å². The van der Waals surface area contributed by atoms with Gasteiger partial charge in [-0.25, -0.2) is 4.79 Å². The van der Waals surface area contributed by atoms with E-state index in [2.05, 4.69) is 30.9 Å². The molecule has 0 aliphatic carbocycles. The Hall–Kier alpha value is -1.56. The molecular weight excluding hydrogens is 526 g/mol. The molecule has 0 rings (SSSR count). The minimum atomic E-state index is -0.498. The van der Waals surface area contributed by atoms with Crippen molar-refractivity contribution in [2.45, 2.75) is 181 Å². The van der Waals surface area contributed by atoms with Crippen molar-refractivity contribution in [1.82, 2.24) is 4.90 Å². The van der Waals surface area contributed by atoms with Crippen LogP contribution in [0.2, 0.25) is 0 Å². The van der Waals surface area contributed by atoms with Crippen LogP contribution in [0.15, 0.2) is 12.2 Å². The first-order chi connectivity index (χ1) is 20.4. The normalized spacial score (nSPS) is 13.0. The highest BCUT2D eigenvalue weighted by Crippen LogP contribution is 2.18.